The van der Waals surface area contributed by atoms with Gasteiger partial charge in [0.15, 0.2) is 11.6 Å². The molecule has 0 spiro atoms. The van der Waals surface area contributed by atoms with Gasteiger partial charge in [-0.3, -0.25) is 0 Å². The minimum Gasteiger partial charge on any atom is -0.467 e. The number of hydrogen-bond acceptors (Lipinski definition) is 5. The second kappa shape index (κ2) is 7.62. The van der Waals surface area contributed by atoms with Gasteiger partial charge in [-0.05, 0) is 34.7 Å². The van der Waals surface area contributed by atoms with Crippen molar-refractivity contribution in [1.82, 2.24) is 15.0 Å². The van der Waals surface area contributed by atoms with Crippen LogP contribution >= 0.6 is 11.6 Å². The number of ether oxygens (including phenoxy) is 1. The maximum absolute atomic E-state index is 6.38. The molecule has 140 valence electrons. The minimum absolute atomic E-state index is 0.0225. The molecule has 0 unspecified atom stereocenters. The second-order valence-corrected chi connectivity index (χ2v) is 7.73. The normalized spacial score (nSPS) is 11.5. The number of methoxy groups -OCH3 is 1. The summed E-state index contributed by atoms with van der Waals surface area (Å²) in [4.78, 5) is 13.5. The molecule has 0 atom stereocenters. The van der Waals surface area contributed by atoms with Gasteiger partial charge >= 0.3 is 6.01 Å². The summed E-state index contributed by atoms with van der Waals surface area (Å²) in [5.41, 5.74) is 9.53. The lowest BCUT2D eigenvalue weighted by Crippen LogP contribution is -2.11. The van der Waals surface area contributed by atoms with E-state index in [4.69, 9.17) is 22.1 Å². The van der Waals surface area contributed by atoms with Crippen LogP contribution in [0, 0.1) is 0 Å². The molecular formula is C21H23ClN4O. The predicted octanol–water partition coefficient (Wildman–Crippen LogP) is 4.62. The summed E-state index contributed by atoms with van der Waals surface area (Å²) in [6.45, 7) is 6.92. The lowest BCUT2D eigenvalue weighted by Gasteiger charge is -2.19. The van der Waals surface area contributed by atoms with Gasteiger partial charge in [0.1, 0.15) is 0 Å². The van der Waals surface area contributed by atoms with Gasteiger partial charge in [-0.25, -0.2) is 4.98 Å². The van der Waals surface area contributed by atoms with E-state index in [-0.39, 0.29) is 11.4 Å². The third kappa shape index (κ3) is 4.26. The van der Waals surface area contributed by atoms with Crippen molar-refractivity contribution < 1.29 is 4.74 Å². The number of halogens is 1. The first-order valence-electron chi connectivity index (χ1n) is 8.71. The van der Waals surface area contributed by atoms with Crippen LogP contribution in [0.15, 0.2) is 42.5 Å². The van der Waals surface area contributed by atoms with Crippen LogP contribution in [0.25, 0.3) is 22.8 Å². The van der Waals surface area contributed by atoms with Crippen molar-refractivity contribution in [1.29, 1.82) is 0 Å². The number of rotatable bonds is 4. The van der Waals surface area contributed by atoms with Crippen LogP contribution in [0.4, 0.5) is 0 Å². The van der Waals surface area contributed by atoms with E-state index < -0.39 is 0 Å². The minimum atomic E-state index is 0.0225. The maximum Gasteiger partial charge on any atom is 0.320 e. The Morgan fingerprint density at radius 2 is 1.74 bits per heavy atom. The summed E-state index contributed by atoms with van der Waals surface area (Å²) < 4.78 is 5.30. The Balaban J connectivity index is 2.16. The molecule has 0 aliphatic carbocycles. The monoisotopic (exact) mass is 382 g/mol. The van der Waals surface area contributed by atoms with Crippen molar-refractivity contribution in [2.45, 2.75) is 32.7 Å². The molecular weight excluding hydrogens is 360 g/mol. The SMILES string of the molecule is COc1nc(-c2cccc(C(C)(C)C)c2)nc(-c2cc(CN)ccc2Cl)n1. The summed E-state index contributed by atoms with van der Waals surface area (Å²) in [5.74, 6) is 0.996. The Hall–Kier alpha value is -2.50. The number of hydrogen-bond donors (Lipinski definition) is 1. The quantitative estimate of drug-likeness (QED) is 0.712. The van der Waals surface area contributed by atoms with E-state index in [1.165, 1.54) is 12.7 Å². The van der Waals surface area contributed by atoms with E-state index in [1.54, 1.807) is 6.07 Å². The van der Waals surface area contributed by atoms with Gasteiger partial charge in [-0.1, -0.05) is 56.6 Å². The van der Waals surface area contributed by atoms with Gasteiger partial charge < -0.3 is 10.5 Å². The molecule has 5 nitrogen and oxygen atoms in total. The topological polar surface area (TPSA) is 73.9 Å². The summed E-state index contributed by atoms with van der Waals surface area (Å²) in [5, 5.41) is 0.551. The number of aromatic nitrogens is 3. The summed E-state index contributed by atoms with van der Waals surface area (Å²) in [6, 6.07) is 14.0. The van der Waals surface area contributed by atoms with Crippen LogP contribution in [0.5, 0.6) is 6.01 Å². The third-order valence-corrected chi connectivity index (χ3v) is 4.62. The standard InChI is InChI=1S/C21H23ClN4O/c1-21(2,3)15-7-5-6-14(11-15)18-24-19(26-20(25-18)27-4)16-10-13(12-23)8-9-17(16)22/h5-11H,12,23H2,1-4H3. The second-order valence-electron chi connectivity index (χ2n) is 7.32. The van der Waals surface area contributed by atoms with E-state index in [9.17, 15) is 0 Å². The highest BCUT2D eigenvalue weighted by Crippen LogP contribution is 2.30. The van der Waals surface area contributed by atoms with Gasteiger partial charge in [0, 0.05) is 17.7 Å². The molecule has 0 aliphatic heterocycles. The number of nitrogens with two attached hydrogens (primary N) is 1. The first-order valence-corrected chi connectivity index (χ1v) is 9.09. The zero-order valence-corrected chi connectivity index (χ0v) is 16.7. The van der Waals surface area contributed by atoms with Gasteiger partial charge in [0.25, 0.3) is 0 Å². The van der Waals surface area contributed by atoms with E-state index in [1.807, 2.05) is 24.3 Å². The highest BCUT2D eigenvalue weighted by atomic mass is 35.5. The molecule has 0 amide bonds. The molecule has 27 heavy (non-hydrogen) atoms. The van der Waals surface area contributed by atoms with Crippen LogP contribution in [-0.2, 0) is 12.0 Å². The lowest BCUT2D eigenvalue weighted by molar-refractivity contribution is 0.379. The zero-order chi connectivity index (χ0) is 19.6. The molecule has 2 N–H and O–H groups in total. The summed E-state index contributed by atoms with van der Waals surface area (Å²) in [6.07, 6.45) is 0. The molecule has 1 aromatic heterocycles. The molecule has 1 heterocycles. The number of nitrogens with zero attached hydrogens (tertiary/aromatic N) is 3. The highest BCUT2D eigenvalue weighted by molar-refractivity contribution is 6.33. The van der Waals surface area contributed by atoms with Crippen LogP contribution in [0.1, 0.15) is 31.9 Å². The van der Waals surface area contributed by atoms with E-state index in [0.717, 1.165) is 11.1 Å². The average molecular weight is 383 g/mol. The van der Waals surface area contributed by atoms with Crippen LogP contribution < -0.4 is 10.5 Å². The molecule has 3 aromatic rings. The Kier molecular flexibility index (Phi) is 5.44. The van der Waals surface area contributed by atoms with Crippen molar-refractivity contribution in [3.8, 4) is 28.8 Å². The van der Waals surface area contributed by atoms with Crippen molar-refractivity contribution >= 4 is 11.6 Å². The van der Waals surface area contributed by atoms with Crippen molar-refractivity contribution in [2.24, 2.45) is 5.73 Å². The Labute approximate surface area is 164 Å². The molecule has 3 rings (SSSR count). The molecule has 6 heteroatoms. The molecule has 0 saturated heterocycles. The Morgan fingerprint density at radius 3 is 2.41 bits per heavy atom. The fraction of sp³-hybridized carbons (Fsp3) is 0.286. The molecule has 0 fully saturated rings. The Morgan fingerprint density at radius 1 is 1.00 bits per heavy atom. The fourth-order valence-electron chi connectivity index (χ4n) is 2.69. The van der Waals surface area contributed by atoms with Gasteiger partial charge in [0.05, 0.1) is 12.1 Å². The lowest BCUT2D eigenvalue weighted by atomic mass is 9.86. The molecule has 0 aliphatic rings. The summed E-state index contributed by atoms with van der Waals surface area (Å²) >= 11 is 6.38. The molecule has 0 saturated carbocycles. The first-order chi connectivity index (χ1) is 12.8. The molecule has 2 aromatic carbocycles. The Bertz CT molecular complexity index is 967. The van der Waals surface area contributed by atoms with Gasteiger partial charge in [0.2, 0.25) is 0 Å². The third-order valence-electron chi connectivity index (χ3n) is 4.29. The van der Waals surface area contributed by atoms with E-state index in [0.29, 0.717) is 28.8 Å². The van der Waals surface area contributed by atoms with Gasteiger partial charge in [-0.15, -0.1) is 0 Å². The smallest absolute Gasteiger partial charge is 0.320 e. The van der Waals surface area contributed by atoms with Crippen molar-refractivity contribution in [3.63, 3.8) is 0 Å². The molecule has 0 bridgehead atoms. The zero-order valence-electron chi connectivity index (χ0n) is 16.0. The maximum atomic E-state index is 6.38. The summed E-state index contributed by atoms with van der Waals surface area (Å²) in [7, 11) is 1.53. The van der Waals surface area contributed by atoms with Gasteiger partial charge in [-0.2, -0.15) is 9.97 Å². The average Bonchev–Trinajstić information content (AvgIpc) is 2.67. The number of benzene rings is 2. The van der Waals surface area contributed by atoms with E-state index in [2.05, 4.69) is 47.9 Å². The van der Waals surface area contributed by atoms with Crippen LogP contribution in [0.2, 0.25) is 5.02 Å². The predicted molar refractivity (Wildman–Crippen MR) is 109 cm³/mol. The first kappa shape index (κ1) is 19.3. The van der Waals surface area contributed by atoms with Crippen LogP contribution in [0.3, 0.4) is 0 Å². The molecule has 0 radical (unpaired) electrons. The van der Waals surface area contributed by atoms with E-state index >= 15 is 0 Å². The van der Waals surface area contributed by atoms with Crippen molar-refractivity contribution in [2.75, 3.05) is 7.11 Å². The fourth-order valence-corrected chi connectivity index (χ4v) is 2.89. The highest BCUT2D eigenvalue weighted by Gasteiger charge is 2.17. The van der Waals surface area contributed by atoms with Crippen molar-refractivity contribution in [3.05, 3.63) is 58.6 Å². The van der Waals surface area contributed by atoms with Crippen LogP contribution in [-0.4, -0.2) is 22.1 Å². The largest absolute Gasteiger partial charge is 0.467 e.